The molecule has 29 heavy (non-hydrogen) atoms. The number of hydrogen-bond donors (Lipinski definition) is 2. The van der Waals surface area contributed by atoms with Crippen molar-refractivity contribution in [2.24, 2.45) is 0 Å². The van der Waals surface area contributed by atoms with Crippen molar-refractivity contribution in [3.63, 3.8) is 0 Å². The van der Waals surface area contributed by atoms with Crippen LogP contribution in [-0.2, 0) is 22.4 Å². The van der Waals surface area contributed by atoms with Gasteiger partial charge in [-0.25, -0.2) is 0 Å². The lowest BCUT2D eigenvalue weighted by atomic mass is 10.1. The lowest BCUT2D eigenvalue weighted by Gasteiger charge is -2.21. The number of benzene rings is 2. The molecule has 2 aromatic carbocycles. The maximum atomic E-state index is 12.5. The molecular weight excluding hydrogens is 362 g/mol. The zero-order valence-corrected chi connectivity index (χ0v) is 17.4. The summed E-state index contributed by atoms with van der Waals surface area (Å²) in [5, 5.41) is 4.22. The van der Waals surface area contributed by atoms with Crippen molar-refractivity contribution in [2.75, 3.05) is 18.4 Å². The number of nitrogens with zero attached hydrogens (tertiary/aromatic N) is 1. The van der Waals surface area contributed by atoms with Gasteiger partial charge in [0.2, 0.25) is 11.8 Å². The lowest BCUT2D eigenvalue weighted by molar-refractivity contribution is -0.129. The first-order valence-electron chi connectivity index (χ1n) is 10.2. The predicted molar refractivity (Wildman–Crippen MR) is 118 cm³/mol. The van der Waals surface area contributed by atoms with Crippen molar-refractivity contribution in [3.05, 3.63) is 65.4 Å². The molecule has 0 saturated carbocycles. The van der Waals surface area contributed by atoms with E-state index in [9.17, 15) is 9.59 Å². The van der Waals surface area contributed by atoms with Crippen LogP contribution < -0.4 is 5.32 Å². The van der Waals surface area contributed by atoms with Gasteiger partial charge in [-0.2, -0.15) is 0 Å². The fourth-order valence-corrected chi connectivity index (χ4v) is 3.66. The van der Waals surface area contributed by atoms with E-state index in [-0.39, 0.29) is 18.2 Å². The highest BCUT2D eigenvalue weighted by atomic mass is 16.2. The van der Waals surface area contributed by atoms with E-state index in [2.05, 4.69) is 23.3 Å². The Labute approximate surface area is 172 Å². The van der Waals surface area contributed by atoms with Crippen LogP contribution in [0.25, 0.3) is 10.9 Å². The first kappa shape index (κ1) is 20.6. The molecular formula is C24H29N3O2. The van der Waals surface area contributed by atoms with E-state index in [0.717, 1.165) is 35.2 Å². The molecule has 1 aromatic heterocycles. The molecule has 0 aliphatic rings. The van der Waals surface area contributed by atoms with E-state index in [1.807, 2.05) is 49.5 Å². The van der Waals surface area contributed by atoms with Gasteiger partial charge in [-0.3, -0.25) is 9.59 Å². The number of H-pyrrole nitrogens is 1. The van der Waals surface area contributed by atoms with E-state index < -0.39 is 0 Å². The molecule has 5 nitrogen and oxygen atoms in total. The second-order valence-electron chi connectivity index (χ2n) is 7.38. The lowest BCUT2D eigenvalue weighted by Crippen LogP contribution is -2.33. The highest BCUT2D eigenvalue weighted by Gasteiger charge is 2.14. The van der Waals surface area contributed by atoms with Crippen LogP contribution in [0.4, 0.5) is 5.69 Å². The topological polar surface area (TPSA) is 65.2 Å². The Bertz CT molecular complexity index is 1010. The molecule has 152 valence electrons. The van der Waals surface area contributed by atoms with Crippen molar-refractivity contribution in [3.8, 4) is 0 Å². The molecule has 0 atom stereocenters. The number of aromatic nitrogens is 1. The monoisotopic (exact) mass is 391 g/mol. The number of aryl methyl sites for hydroxylation is 2. The Morgan fingerprint density at radius 2 is 1.83 bits per heavy atom. The number of rotatable bonds is 8. The molecule has 0 aliphatic carbocycles. The Hall–Kier alpha value is -3.08. The highest BCUT2D eigenvalue weighted by molar-refractivity contribution is 5.92. The number of aromatic amines is 1. The summed E-state index contributed by atoms with van der Waals surface area (Å²) in [5.74, 6) is -0.0740. The summed E-state index contributed by atoms with van der Waals surface area (Å²) in [7, 11) is 0. The highest BCUT2D eigenvalue weighted by Crippen LogP contribution is 2.21. The molecule has 0 spiro atoms. The van der Waals surface area contributed by atoms with Gasteiger partial charge in [0.15, 0.2) is 0 Å². The third-order valence-corrected chi connectivity index (χ3v) is 5.38. The predicted octanol–water partition coefficient (Wildman–Crippen LogP) is 4.46. The molecule has 5 heteroatoms. The van der Waals surface area contributed by atoms with E-state index >= 15 is 0 Å². The summed E-state index contributed by atoms with van der Waals surface area (Å²) in [5.41, 5.74) is 5.36. The molecule has 3 aromatic rings. The summed E-state index contributed by atoms with van der Waals surface area (Å²) in [6.07, 6.45) is 3.90. The Balaban J connectivity index is 1.58. The Kier molecular flexibility index (Phi) is 6.70. The van der Waals surface area contributed by atoms with Crippen molar-refractivity contribution < 1.29 is 9.59 Å². The second kappa shape index (κ2) is 9.41. The minimum absolute atomic E-state index is 0.0113. The molecule has 2 amide bonds. The molecule has 0 radical (unpaired) electrons. The van der Waals surface area contributed by atoms with Gasteiger partial charge in [0.1, 0.15) is 0 Å². The fraction of sp³-hybridized carbons (Fsp3) is 0.333. The van der Waals surface area contributed by atoms with Crippen LogP contribution in [-0.4, -0.2) is 34.8 Å². The average Bonchev–Trinajstić information content (AvgIpc) is 3.12. The van der Waals surface area contributed by atoms with Gasteiger partial charge in [-0.05, 0) is 42.5 Å². The van der Waals surface area contributed by atoms with Crippen LogP contribution in [0.5, 0.6) is 0 Å². The fourth-order valence-electron chi connectivity index (χ4n) is 3.66. The van der Waals surface area contributed by atoms with Crippen LogP contribution in [0.1, 0.15) is 37.0 Å². The largest absolute Gasteiger partial charge is 0.361 e. The SMILES string of the molecule is CCc1cccc(C)c1NC(=O)CCN(CCc1c[nH]c2ccccc12)C(C)=O. The van der Waals surface area contributed by atoms with Crippen molar-refractivity contribution in [2.45, 2.75) is 40.0 Å². The van der Waals surface area contributed by atoms with Gasteiger partial charge in [-0.15, -0.1) is 0 Å². The van der Waals surface area contributed by atoms with Crippen LogP contribution in [0.2, 0.25) is 0 Å². The van der Waals surface area contributed by atoms with Gasteiger partial charge in [-0.1, -0.05) is 43.3 Å². The normalized spacial score (nSPS) is 10.9. The maximum absolute atomic E-state index is 12.5. The summed E-state index contributed by atoms with van der Waals surface area (Å²) < 4.78 is 0. The number of carbonyl (C=O) groups is 2. The van der Waals surface area contributed by atoms with Gasteiger partial charge >= 0.3 is 0 Å². The van der Waals surface area contributed by atoms with Gasteiger partial charge in [0.25, 0.3) is 0 Å². The summed E-state index contributed by atoms with van der Waals surface area (Å²) >= 11 is 0. The molecule has 3 rings (SSSR count). The van der Waals surface area contributed by atoms with Crippen LogP contribution in [0, 0.1) is 6.92 Å². The summed E-state index contributed by atoms with van der Waals surface area (Å²) in [6.45, 7) is 6.64. The van der Waals surface area contributed by atoms with Crippen LogP contribution in [0.3, 0.4) is 0 Å². The van der Waals surface area contributed by atoms with Gasteiger partial charge in [0, 0.05) is 49.2 Å². The molecule has 0 saturated heterocycles. The molecule has 0 fully saturated rings. The number of carbonyl (C=O) groups excluding carboxylic acids is 2. The molecule has 1 heterocycles. The molecule has 2 N–H and O–H groups in total. The van der Waals surface area contributed by atoms with Gasteiger partial charge in [0.05, 0.1) is 0 Å². The number of nitrogens with one attached hydrogen (secondary N) is 2. The van der Waals surface area contributed by atoms with Crippen molar-refractivity contribution in [1.29, 1.82) is 0 Å². The summed E-state index contributed by atoms with van der Waals surface area (Å²) in [6, 6.07) is 14.2. The number of hydrogen-bond acceptors (Lipinski definition) is 2. The smallest absolute Gasteiger partial charge is 0.226 e. The quantitative estimate of drug-likeness (QED) is 0.595. The summed E-state index contributed by atoms with van der Waals surface area (Å²) in [4.78, 5) is 29.6. The minimum Gasteiger partial charge on any atom is -0.361 e. The standard InChI is InChI=1S/C24H29N3O2/c1-4-19-9-7-8-17(2)24(19)26-23(29)13-15-27(18(3)28)14-12-20-16-25-22-11-6-5-10-21(20)22/h5-11,16,25H,4,12-15H2,1-3H3,(H,26,29). The third-order valence-electron chi connectivity index (χ3n) is 5.38. The Morgan fingerprint density at radius 3 is 2.59 bits per heavy atom. The third kappa shape index (κ3) is 5.05. The number of anilines is 1. The molecule has 0 bridgehead atoms. The number of fused-ring (bicyclic) bond motifs is 1. The van der Waals surface area contributed by atoms with E-state index in [4.69, 9.17) is 0 Å². The van der Waals surface area contributed by atoms with Crippen LogP contribution in [0.15, 0.2) is 48.7 Å². The van der Waals surface area contributed by atoms with E-state index in [0.29, 0.717) is 13.1 Å². The van der Waals surface area contributed by atoms with Crippen molar-refractivity contribution >= 4 is 28.4 Å². The van der Waals surface area contributed by atoms with E-state index in [1.54, 1.807) is 11.8 Å². The zero-order valence-electron chi connectivity index (χ0n) is 17.4. The maximum Gasteiger partial charge on any atom is 0.226 e. The number of amides is 2. The first-order chi connectivity index (χ1) is 14.0. The van der Waals surface area contributed by atoms with Crippen molar-refractivity contribution in [1.82, 2.24) is 9.88 Å². The molecule has 0 aliphatic heterocycles. The zero-order chi connectivity index (χ0) is 20.8. The minimum atomic E-state index is -0.0626. The average molecular weight is 392 g/mol. The number of para-hydroxylation sites is 2. The Morgan fingerprint density at radius 1 is 1.03 bits per heavy atom. The molecule has 0 unspecified atom stereocenters. The van der Waals surface area contributed by atoms with E-state index in [1.165, 1.54) is 10.9 Å². The van der Waals surface area contributed by atoms with Gasteiger partial charge < -0.3 is 15.2 Å². The second-order valence-corrected chi connectivity index (χ2v) is 7.38. The first-order valence-corrected chi connectivity index (χ1v) is 10.2. The van der Waals surface area contributed by atoms with Crippen LogP contribution >= 0.6 is 0 Å².